The summed E-state index contributed by atoms with van der Waals surface area (Å²) in [5, 5.41) is 8.95. The number of ether oxygens (including phenoxy) is 1. The summed E-state index contributed by atoms with van der Waals surface area (Å²) in [4.78, 5) is 2.24. The zero-order chi connectivity index (χ0) is 12.3. The Hall–Kier alpha value is -1.73. The highest BCUT2D eigenvalue weighted by Gasteiger charge is 2.24. The van der Waals surface area contributed by atoms with Gasteiger partial charge in [-0.25, -0.2) is 0 Å². The summed E-state index contributed by atoms with van der Waals surface area (Å²) in [5.41, 5.74) is 8.12. The summed E-state index contributed by atoms with van der Waals surface area (Å²) in [6, 6.07) is 7.73. The van der Waals surface area contributed by atoms with Crippen molar-refractivity contribution >= 4 is 11.4 Å². The molecule has 0 spiro atoms. The van der Waals surface area contributed by atoms with Gasteiger partial charge in [0, 0.05) is 26.1 Å². The lowest BCUT2D eigenvalue weighted by Gasteiger charge is -2.21. The summed E-state index contributed by atoms with van der Waals surface area (Å²) >= 11 is 0. The number of nitriles is 1. The average Bonchev–Trinajstić information content (AvgIpc) is 2.78. The third-order valence-corrected chi connectivity index (χ3v) is 3.23. The van der Waals surface area contributed by atoms with Crippen LogP contribution in [0.15, 0.2) is 18.2 Å². The van der Waals surface area contributed by atoms with E-state index in [9.17, 15) is 0 Å². The third kappa shape index (κ3) is 2.34. The first-order chi connectivity index (χ1) is 8.26. The lowest BCUT2D eigenvalue weighted by Crippen LogP contribution is -2.22. The van der Waals surface area contributed by atoms with Crippen molar-refractivity contribution in [3.05, 3.63) is 23.8 Å². The van der Waals surface area contributed by atoms with Crippen LogP contribution in [0.4, 0.5) is 11.4 Å². The predicted octanol–water partition coefficient (Wildman–Crippen LogP) is 1.61. The average molecular weight is 231 g/mol. The van der Waals surface area contributed by atoms with Crippen LogP contribution < -0.4 is 10.6 Å². The molecular weight excluding hydrogens is 214 g/mol. The molecule has 1 aliphatic heterocycles. The zero-order valence-electron chi connectivity index (χ0n) is 10.0. The van der Waals surface area contributed by atoms with Gasteiger partial charge in [0.25, 0.3) is 0 Å². The number of benzene rings is 1. The fourth-order valence-electron chi connectivity index (χ4n) is 2.35. The summed E-state index contributed by atoms with van der Waals surface area (Å²) < 4.78 is 5.17. The van der Waals surface area contributed by atoms with Crippen molar-refractivity contribution in [2.45, 2.75) is 6.42 Å². The maximum absolute atomic E-state index is 8.95. The van der Waals surface area contributed by atoms with Crippen LogP contribution in [0.25, 0.3) is 0 Å². The van der Waals surface area contributed by atoms with Gasteiger partial charge in [0.2, 0.25) is 0 Å². The van der Waals surface area contributed by atoms with E-state index in [1.807, 2.05) is 12.1 Å². The number of methoxy groups -OCH3 is 1. The van der Waals surface area contributed by atoms with Gasteiger partial charge in [-0.2, -0.15) is 5.26 Å². The Labute approximate surface area is 102 Å². The highest BCUT2D eigenvalue weighted by molar-refractivity contribution is 5.74. The van der Waals surface area contributed by atoms with E-state index in [1.54, 1.807) is 13.2 Å². The Balaban J connectivity index is 2.17. The first-order valence-corrected chi connectivity index (χ1v) is 5.78. The molecule has 0 aliphatic carbocycles. The molecule has 1 aliphatic rings. The first kappa shape index (κ1) is 11.7. The lowest BCUT2D eigenvalue weighted by molar-refractivity contribution is 0.161. The number of hydrogen-bond donors (Lipinski definition) is 1. The van der Waals surface area contributed by atoms with E-state index < -0.39 is 0 Å². The lowest BCUT2D eigenvalue weighted by atomic mass is 10.1. The standard InChI is InChI=1S/C13H17N3O/c1-17-9-10-5-6-16(8-10)12-4-2-3-11(7-14)13(12)15/h2-4,10H,5-6,8-9,15H2,1H3. The topological polar surface area (TPSA) is 62.3 Å². The molecule has 0 amide bonds. The number of nitrogens with zero attached hydrogens (tertiary/aromatic N) is 2. The Kier molecular flexibility index (Phi) is 3.50. The number of rotatable bonds is 3. The van der Waals surface area contributed by atoms with Gasteiger partial charge in [-0.05, 0) is 18.6 Å². The first-order valence-electron chi connectivity index (χ1n) is 5.78. The minimum Gasteiger partial charge on any atom is -0.396 e. The van der Waals surface area contributed by atoms with Crippen LogP contribution in [0.1, 0.15) is 12.0 Å². The molecule has 1 aromatic rings. The van der Waals surface area contributed by atoms with Crippen molar-refractivity contribution in [2.24, 2.45) is 5.92 Å². The number of nitrogen functional groups attached to an aromatic ring is 1. The normalized spacial score (nSPS) is 19.3. The van der Waals surface area contributed by atoms with Crippen LogP contribution in [-0.2, 0) is 4.74 Å². The van der Waals surface area contributed by atoms with E-state index in [1.165, 1.54) is 0 Å². The molecule has 1 aromatic carbocycles. The Morgan fingerprint density at radius 2 is 2.41 bits per heavy atom. The van der Waals surface area contributed by atoms with Gasteiger partial charge >= 0.3 is 0 Å². The van der Waals surface area contributed by atoms with Crippen LogP contribution in [0, 0.1) is 17.2 Å². The molecule has 17 heavy (non-hydrogen) atoms. The van der Waals surface area contributed by atoms with E-state index in [0.29, 0.717) is 17.2 Å². The predicted molar refractivity (Wildman–Crippen MR) is 67.8 cm³/mol. The second kappa shape index (κ2) is 5.07. The van der Waals surface area contributed by atoms with Crippen LogP contribution in [0.5, 0.6) is 0 Å². The largest absolute Gasteiger partial charge is 0.396 e. The number of hydrogen-bond acceptors (Lipinski definition) is 4. The van der Waals surface area contributed by atoms with Gasteiger partial charge in [-0.15, -0.1) is 0 Å². The molecule has 1 saturated heterocycles. The summed E-state index contributed by atoms with van der Waals surface area (Å²) in [6.45, 7) is 2.72. The maximum atomic E-state index is 8.95. The quantitative estimate of drug-likeness (QED) is 0.803. The second-order valence-corrected chi connectivity index (χ2v) is 4.41. The fraction of sp³-hybridized carbons (Fsp3) is 0.462. The van der Waals surface area contributed by atoms with Crippen molar-refractivity contribution in [3.8, 4) is 6.07 Å². The molecule has 1 fully saturated rings. The number of anilines is 2. The van der Waals surface area contributed by atoms with Crippen LogP contribution in [0.2, 0.25) is 0 Å². The molecule has 2 N–H and O–H groups in total. The third-order valence-electron chi connectivity index (χ3n) is 3.23. The fourth-order valence-corrected chi connectivity index (χ4v) is 2.35. The van der Waals surface area contributed by atoms with E-state index in [-0.39, 0.29) is 0 Å². The van der Waals surface area contributed by atoms with E-state index >= 15 is 0 Å². The van der Waals surface area contributed by atoms with Gasteiger partial charge in [0.15, 0.2) is 0 Å². The van der Waals surface area contributed by atoms with Crippen molar-refractivity contribution in [1.82, 2.24) is 0 Å². The van der Waals surface area contributed by atoms with Gasteiger partial charge in [0.1, 0.15) is 6.07 Å². The highest BCUT2D eigenvalue weighted by Crippen LogP contribution is 2.30. The molecule has 1 atom stereocenters. The summed E-state index contributed by atoms with van der Waals surface area (Å²) in [6.07, 6.45) is 1.12. The van der Waals surface area contributed by atoms with Crippen LogP contribution >= 0.6 is 0 Å². The minimum atomic E-state index is 0.553. The van der Waals surface area contributed by atoms with Crippen LogP contribution in [-0.4, -0.2) is 26.8 Å². The Bertz CT molecular complexity index is 439. The molecule has 0 aromatic heterocycles. The highest BCUT2D eigenvalue weighted by atomic mass is 16.5. The minimum absolute atomic E-state index is 0.553. The molecule has 0 bridgehead atoms. The van der Waals surface area contributed by atoms with E-state index in [4.69, 9.17) is 15.7 Å². The van der Waals surface area contributed by atoms with E-state index in [0.717, 1.165) is 31.8 Å². The SMILES string of the molecule is COCC1CCN(c2cccc(C#N)c2N)C1. The van der Waals surface area contributed by atoms with E-state index in [2.05, 4.69) is 11.0 Å². The zero-order valence-corrected chi connectivity index (χ0v) is 10.0. The van der Waals surface area contributed by atoms with Gasteiger partial charge in [-0.1, -0.05) is 6.07 Å². The molecule has 1 heterocycles. The Morgan fingerprint density at radius 3 is 3.12 bits per heavy atom. The monoisotopic (exact) mass is 231 g/mol. The van der Waals surface area contributed by atoms with Crippen molar-refractivity contribution in [2.75, 3.05) is 37.4 Å². The van der Waals surface area contributed by atoms with Gasteiger partial charge in [0.05, 0.1) is 23.5 Å². The van der Waals surface area contributed by atoms with Crippen molar-refractivity contribution in [3.63, 3.8) is 0 Å². The summed E-state index contributed by atoms with van der Waals surface area (Å²) in [5.74, 6) is 0.560. The Morgan fingerprint density at radius 1 is 1.59 bits per heavy atom. The summed E-state index contributed by atoms with van der Waals surface area (Å²) in [7, 11) is 1.73. The molecule has 4 nitrogen and oxygen atoms in total. The molecule has 1 unspecified atom stereocenters. The number of nitrogens with two attached hydrogens (primary N) is 1. The smallest absolute Gasteiger partial charge is 0.101 e. The molecule has 0 radical (unpaired) electrons. The molecule has 90 valence electrons. The van der Waals surface area contributed by atoms with Crippen molar-refractivity contribution in [1.29, 1.82) is 5.26 Å². The maximum Gasteiger partial charge on any atom is 0.101 e. The van der Waals surface area contributed by atoms with Crippen LogP contribution in [0.3, 0.4) is 0 Å². The number of para-hydroxylation sites is 1. The molecule has 0 saturated carbocycles. The van der Waals surface area contributed by atoms with Gasteiger partial charge in [-0.3, -0.25) is 0 Å². The molecule has 2 rings (SSSR count). The molecular formula is C13H17N3O. The van der Waals surface area contributed by atoms with Crippen molar-refractivity contribution < 1.29 is 4.74 Å². The second-order valence-electron chi connectivity index (χ2n) is 4.41. The van der Waals surface area contributed by atoms with Gasteiger partial charge < -0.3 is 15.4 Å². The molecule has 4 heteroatoms.